The molecule has 138 valence electrons. The van der Waals surface area contributed by atoms with Crippen molar-refractivity contribution in [2.24, 2.45) is 23.7 Å². The van der Waals surface area contributed by atoms with Crippen molar-refractivity contribution in [1.82, 2.24) is 0 Å². The third-order valence-electron chi connectivity index (χ3n) is 7.05. The zero-order chi connectivity index (χ0) is 18.0. The van der Waals surface area contributed by atoms with Crippen molar-refractivity contribution in [2.45, 2.75) is 79.1 Å². The van der Waals surface area contributed by atoms with Crippen LogP contribution in [0, 0.1) is 44.4 Å². The SMILES string of the molecule is Cc1ccc(OC(=O)C2CCC(C3CCC(C)CC3)CC2)c(C)c1C. The van der Waals surface area contributed by atoms with Crippen molar-refractivity contribution in [3.63, 3.8) is 0 Å². The Balaban J connectivity index is 1.53. The van der Waals surface area contributed by atoms with Crippen LogP contribution in [0.4, 0.5) is 0 Å². The number of benzene rings is 1. The highest BCUT2D eigenvalue weighted by atomic mass is 16.5. The molecule has 0 aliphatic heterocycles. The lowest BCUT2D eigenvalue weighted by molar-refractivity contribution is -0.140. The van der Waals surface area contributed by atoms with Gasteiger partial charge < -0.3 is 4.74 Å². The maximum absolute atomic E-state index is 12.6. The molecule has 0 N–H and O–H groups in total. The molecule has 3 rings (SSSR count). The maximum atomic E-state index is 12.6. The molecule has 2 heteroatoms. The van der Waals surface area contributed by atoms with E-state index < -0.39 is 0 Å². The van der Waals surface area contributed by atoms with Crippen molar-refractivity contribution >= 4 is 5.97 Å². The van der Waals surface area contributed by atoms with Gasteiger partial charge in [0.1, 0.15) is 5.75 Å². The predicted molar refractivity (Wildman–Crippen MR) is 103 cm³/mol. The highest BCUT2D eigenvalue weighted by Crippen LogP contribution is 2.41. The Bertz CT molecular complexity index is 603. The van der Waals surface area contributed by atoms with E-state index in [9.17, 15) is 4.79 Å². The average molecular weight is 343 g/mol. The number of ether oxygens (including phenoxy) is 1. The van der Waals surface area contributed by atoms with Gasteiger partial charge in [0, 0.05) is 0 Å². The maximum Gasteiger partial charge on any atom is 0.314 e. The molecule has 0 bridgehead atoms. The van der Waals surface area contributed by atoms with E-state index in [1.807, 2.05) is 19.1 Å². The van der Waals surface area contributed by atoms with Crippen molar-refractivity contribution in [2.75, 3.05) is 0 Å². The fraction of sp³-hybridized carbons (Fsp3) is 0.696. The van der Waals surface area contributed by atoms with Crippen LogP contribution in [-0.4, -0.2) is 5.97 Å². The van der Waals surface area contributed by atoms with E-state index in [1.54, 1.807) is 0 Å². The number of hydrogen-bond donors (Lipinski definition) is 0. The van der Waals surface area contributed by atoms with E-state index in [0.717, 1.165) is 41.9 Å². The average Bonchev–Trinajstić information content (AvgIpc) is 2.63. The molecule has 25 heavy (non-hydrogen) atoms. The summed E-state index contributed by atoms with van der Waals surface area (Å²) in [4.78, 5) is 12.6. The molecule has 0 amide bonds. The first-order valence-electron chi connectivity index (χ1n) is 10.2. The molecule has 2 fully saturated rings. The summed E-state index contributed by atoms with van der Waals surface area (Å²) in [7, 11) is 0. The van der Waals surface area contributed by atoms with Crippen LogP contribution in [-0.2, 0) is 4.79 Å². The molecule has 2 aliphatic rings. The summed E-state index contributed by atoms with van der Waals surface area (Å²) in [5, 5.41) is 0. The monoisotopic (exact) mass is 342 g/mol. The fourth-order valence-corrected chi connectivity index (χ4v) is 4.82. The molecule has 0 heterocycles. The summed E-state index contributed by atoms with van der Waals surface area (Å²) >= 11 is 0. The molecule has 0 spiro atoms. The molecule has 2 aliphatic carbocycles. The Morgan fingerprint density at radius 3 is 2.00 bits per heavy atom. The van der Waals surface area contributed by atoms with Crippen molar-refractivity contribution in [3.05, 3.63) is 28.8 Å². The molecular formula is C23H34O2. The lowest BCUT2D eigenvalue weighted by Gasteiger charge is -2.36. The number of hydrogen-bond acceptors (Lipinski definition) is 2. The van der Waals surface area contributed by atoms with Gasteiger partial charge in [0.25, 0.3) is 0 Å². The number of carbonyl (C=O) groups is 1. The van der Waals surface area contributed by atoms with Crippen LogP contribution in [0.3, 0.4) is 0 Å². The first-order chi connectivity index (χ1) is 12.0. The number of carbonyl (C=O) groups excluding carboxylic acids is 1. The molecule has 0 aromatic heterocycles. The largest absolute Gasteiger partial charge is 0.426 e. The first-order valence-corrected chi connectivity index (χ1v) is 10.2. The van der Waals surface area contributed by atoms with Gasteiger partial charge in [-0.25, -0.2) is 0 Å². The summed E-state index contributed by atoms with van der Waals surface area (Å²) in [5.41, 5.74) is 3.57. The van der Waals surface area contributed by atoms with Crippen LogP contribution in [0.2, 0.25) is 0 Å². The quantitative estimate of drug-likeness (QED) is 0.486. The second-order valence-corrected chi connectivity index (χ2v) is 8.68. The Kier molecular flexibility index (Phi) is 5.86. The summed E-state index contributed by atoms with van der Waals surface area (Å²) < 4.78 is 5.78. The lowest BCUT2D eigenvalue weighted by Crippen LogP contribution is -2.30. The van der Waals surface area contributed by atoms with Gasteiger partial charge >= 0.3 is 5.97 Å². The van der Waals surface area contributed by atoms with Gasteiger partial charge in [0.15, 0.2) is 0 Å². The van der Waals surface area contributed by atoms with Gasteiger partial charge in [0.05, 0.1) is 5.92 Å². The van der Waals surface area contributed by atoms with E-state index in [4.69, 9.17) is 4.74 Å². The van der Waals surface area contributed by atoms with E-state index >= 15 is 0 Å². The third-order valence-corrected chi connectivity index (χ3v) is 7.05. The van der Waals surface area contributed by atoms with Gasteiger partial charge in [-0.3, -0.25) is 4.79 Å². The number of aryl methyl sites for hydroxylation is 1. The van der Waals surface area contributed by atoms with E-state index in [1.165, 1.54) is 49.7 Å². The van der Waals surface area contributed by atoms with Crippen molar-refractivity contribution in [3.8, 4) is 5.75 Å². The van der Waals surface area contributed by atoms with E-state index in [-0.39, 0.29) is 11.9 Å². The molecule has 0 unspecified atom stereocenters. The Labute approximate surface area is 153 Å². The number of esters is 1. The van der Waals surface area contributed by atoms with Crippen LogP contribution >= 0.6 is 0 Å². The summed E-state index contributed by atoms with van der Waals surface area (Å²) in [6, 6.07) is 4.00. The van der Waals surface area contributed by atoms with Crippen LogP contribution in [0.15, 0.2) is 12.1 Å². The van der Waals surface area contributed by atoms with Gasteiger partial charge in [0.2, 0.25) is 0 Å². The fourth-order valence-electron chi connectivity index (χ4n) is 4.82. The van der Waals surface area contributed by atoms with Gasteiger partial charge in [-0.2, -0.15) is 0 Å². The molecule has 1 aromatic carbocycles. The highest BCUT2D eigenvalue weighted by molar-refractivity contribution is 5.75. The number of rotatable bonds is 3. The minimum atomic E-state index is -0.0120. The second kappa shape index (κ2) is 7.93. The first kappa shape index (κ1) is 18.5. The van der Waals surface area contributed by atoms with Crippen molar-refractivity contribution in [1.29, 1.82) is 0 Å². The Morgan fingerprint density at radius 1 is 0.840 bits per heavy atom. The molecule has 2 nitrogen and oxygen atoms in total. The van der Waals surface area contributed by atoms with Gasteiger partial charge in [-0.15, -0.1) is 0 Å². The van der Waals surface area contributed by atoms with Gasteiger partial charge in [-0.1, -0.05) is 25.8 Å². The Morgan fingerprint density at radius 2 is 1.40 bits per heavy atom. The molecule has 0 radical (unpaired) electrons. The smallest absolute Gasteiger partial charge is 0.314 e. The summed E-state index contributed by atoms with van der Waals surface area (Å²) in [5.74, 6) is 3.51. The lowest BCUT2D eigenvalue weighted by atomic mass is 9.69. The standard InChI is InChI=1S/C23H34O2/c1-15-5-8-19(9-6-15)20-10-12-21(13-11-20)23(24)25-22-14-7-16(2)17(3)18(22)4/h7,14-15,19-21H,5-6,8-13H2,1-4H3. The van der Waals surface area contributed by atoms with Crippen LogP contribution in [0.5, 0.6) is 5.75 Å². The molecule has 0 saturated heterocycles. The highest BCUT2D eigenvalue weighted by Gasteiger charge is 2.33. The van der Waals surface area contributed by atoms with Crippen LogP contribution < -0.4 is 4.74 Å². The zero-order valence-electron chi connectivity index (χ0n) is 16.4. The van der Waals surface area contributed by atoms with Crippen LogP contribution in [0.25, 0.3) is 0 Å². The summed E-state index contributed by atoms with van der Waals surface area (Å²) in [6.07, 6.45) is 10.1. The topological polar surface area (TPSA) is 26.3 Å². The second-order valence-electron chi connectivity index (χ2n) is 8.68. The van der Waals surface area contributed by atoms with Gasteiger partial charge in [-0.05, 0) is 99.8 Å². The Hall–Kier alpha value is -1.31. The summed E-state index contributed by atoms with van der Waals surface area (Å²) in [6.45, 7) is 8.63. The zero-order valence-corrected chi connectivity index (χ0v) is 16.4. The van der Waals surface area contributed by atoms with Crippen LogP contribution in [0.1, 0.15) is 75.0 Å². The molecular weight excluding hydrogens is 308 g/mol. The van der Waals surface area contributed by atoms with Crippen molar-refractivity contribution < 1.29 is 9.53 Å². The minimum absolute atomic E-state index is 0.0120. The molecule has 1 aromatic rings. The predicted octanol–water partition coefficient (Wildman–Crippen LogP) is 6.15. The van der Waals surface area contributed by atoms with E-state index in [0.29, 0.717) is 0 Å². The minimum Gasteiger partial charge on any atom is -0.426 e. The molecule has 2 saturated carbocycles. The normalized spacial score (nSPS) is 30.1. The van der Waals surface area contributed by atoms with E-state index in [2.05, 4.69) is 20.8 Å². The third kappa shape index (κ3) is 4.27. The molecule has 0 atom stereocenters.